The number of carbonyl (C=O) groups excluding carboxylic acids is 2. The van der Waals surface area contributed by atoms with Crippen LogP contribution in [0.4, 0.5) is 0 Å². The first-order valence-electron chi connectivity index (χ1n) is 8.35. The van der Waals surface area contributed by atoms with E-state index in [2.05, 4.69) is 21.2 Å². The van der Waals surface area contributed by atoms with Crippen LogP contribution in [0.3, 0.4) is 0 Å². The highest BCUT2D eigenvalue weighted by Crippen LogP contribution is 2.31. The maximum atomic E-state index is 12.9. The average Bonchev–Trinajstić information content (AvgIpc) is 2.66. The van der Waals surface area contributed by atoms with Gasteiger partial charge in [0.05, 0.1) is 5.39 Å². The number of hydrogen-bond donors (Lipinski definition) is 2. The first-order valence-corrected chi connectivity index (χ1v) is 10.5. The molecule has 0 spiro atoms. The van der Waals surface area contributed by atoms with Gasteiger partial charge in [0.1, 0.15) is 22.9 Å². The van der Waals surface area contributed by atoms with Gasteiger partial charge in [-0.2, -0.15) is 0 Å². The Kier molecular flexibility index (Phi) is 8.73. The van der Waals surface area contributed by atoms with Gasteiger partial charge in [0, 0.05) is 17.0 Å². The molecule has 2 N–H and O–H groups in total. The summed E-state index contributed by atoms with van der Waals surface area (Å²) in [6.07, 6.45) is 0. The van der Waals surface area contributed by atoms with Crippen molar-refractivity contribution in [3.05, 3.63) is 74.6 Å². The van der Waals surface area contributed by atoms with Crippen LogP contribution in [0, 0.1) is 0 Å². The lowest BCUT2D eigenvalue weighted by Crippen LogP contribution is -2.35. The van der Waals surface area contributed by atoms with Crippen molar-refractivity contribution in [2.75, 3.05) is 0 Å². The van der Waals surface area contributed by atoms with Crippen LogP contribution < -0.4 is 10.9 Å². The molecule has 0 unspecified atom stereocenters. The van der Waals surface area contributed by atoms with E-state index in [1.807, 2.05) is 0 Å². The van der Waals surface area contributed by atoms with Crippen molar-refractivity contribution in [3.8, 4) is 5.75 Å². The third-order valence-electron chi connectivity index (χ3n) is 3.85. The number of Topliss-reactive ketones (excluding diaryl/α,β-unsaturated/α-hetero) is 1. The van der Waals surface area contributed by atoms with E-state index in [0.717, 1.165) is 4.47 Å². The highest BCUT2D eigenvalue weighted by atomic mass is 79.9. The summed E-state index contributed by atoms with van der Waals surface area (Å²) >= 11 is 17.7. The largest absolute Gasteiger partial charge is 0.507 e. The second-order valence-corrected chi connectivity index (χ2v) is 8.80. The third-order valence-corrected chi connectivity index (χ3v) is 4.38. The fraction of sp³-hybridized carbons (Fsp3) is 0.150. The number of rotatable bonds is 4. The number of halogens is 4. The van der Waals surface area contributed by atoms with E-state index >= 15 is 0 Å². The number of nitrogens with one attached hydrogen (secondary N) is 1. The van der Waals surface area contributed by atoms with Crippen molar-refractivity contribution < 1.29 is 19.1 Å². The highest BCUT2D eigenvalue weighted by Gasteiger charge is 2.30. The highest BCUT2D eigenvalue weighted by molar-refractivity contribution is 9.10. The summed E-state index contributed by atoms with van der Waals surface area (Å²) in [6.45, 7) is 1.22. The number of hydrogen-bond acceptors (Lipinski definition) is 5. The summed E-state index contributed by atoms with van der Waals surface area (Å²) in [5, 5.41) is 13.3. The lowest BCUT2D eigenvalue weighted by molar-refractivity contribution is -0.119. The molecule has 0 aliphatic carbocycles. The molecule has 0 saturated carbocycles. The number of amides is 1. The molecule has 0 aliphatic heterocycles. The summed E-state index contributed by atoms with van der Waals surface area (Å²) in [7, 11) is 0. The molecule has 6 nitrogen and oxygen atoms in total. The second kappa shape index (κ2) is 10.8. The van der Waals surface area contributed by atoms with Gasteiger partial charge in [0.15, 0.2) is 10.1 Å². The standard InChI is InChI=1S/C19H14BrNO5.CHCl3/c1-10(22)21-16(17(23)11-6-8-12(20)9-7-11)15-18(24)13-4-2-3-5-14(13)26-19(15)25;2-1(3)4/h2-9,16,24H,1H3,(H,21,22);1H/t16-;/m0./s1. The van der Waals surface area contributed by atoms with Crippen molar-refractivity contribution in [3.63, 3.8) is 0 Å². The van der Waals surface area contributed by atoms with Crippen LogP contribution in [0.1, 0.15) is 28.9 Å². The van der Waals surface area contributed by atoms with Gasteiger partial charge in [-0.25, -0.2) is 4.79 Å². The maximum Gasteiger partial charge on any atom is 0.345 e. The Balaban J connectivity index is 0.000000735. The molecular weight excluding hydrogens is 520 g/mol. The van der Waals surface area contributed by atoms with Gasteiger partial charge in [-0.05, 0) is 24.3 Å². The fourth-order valence-electron chi connectivity index (χ4n) is 2.66. The molecule has 3 rings (SSSR count). The third kappa shape index (κ3) is 6.22. The van der Waals surface area contributed by atoms with Gasteiger partial charge in [-0.15, -0.1) is 0 Å². The number of alkyl halides is 3. The van der Waals surface area contributed by atoms with Gasteiger partial charge in [-0.1, -0.05) is 75.0 Å². The van der Waals surface area contributed by atoms with Crippen molar-refractivity contribution in [1.29, 1.82) is 0 Å². The second-order valence-electron chi connectivity index (χ2n) is 5.90. The number of benzene rings is 2. The summed E-state index contributed by atoms with van der Waals surface area (Å²) in [4.78, 5) is 37.0. The monoisotopic (exact) mass is 533 g/mol. The van der Waals surface area contributed by atoms with Gasteiger partial charge in [-0.3, -0.25) is 9.59 Å². The maximum absolute atomic E-state index is 12.9. The van der Waals surface area contributed by atoms with E-state index in [0.29, 0.717) is 0 Å². The molecule has 0 radical (unpaired) electrons. The Bertz CT molecular complexity index is 1110. The first kappa shape index (κ1) is 24.2. The van der Waals surface area contributed by atoms with E-state index in [4.69, 9.17) is 39.2 Å². The van der Waals surface area contributed by atoms with Crippen molar-refractivity contribution in [2.24, 2.45) is 0 Å². The molecule has 0 saturated heterocycles. The minimum atomic E-state index is -1.37. The molecule has 0 bridgehead atoms. The van der Waals surface area contributed by atoms with Crippen LogP contribution in [0.5, 0.6) is 5.75 Å². The molecule has 3 aromatic rings. The van der Waals surface area contributed by atoms with E-state index in [9.17, 15) is 19.5 Å². The Morgan fingerprint density at radius 2 is 1.63 bits per heavy atom. The van der Waals surface area contributed by atoms with E-state index in [1.54, 1.807) is 42.5 Å². The topological polar surface area (TPSA) is 96.6 Å². The Labute approximate surface area is 194 Å². The van der Waals surface area contributed by atoms with Crippen molar-refractivity contribution >= 4 is 73.4 Å². The van der Waals surface area contributed by atoms with Gasteiger partial charge < -0.3 is 14.8 Å². The SMILES string of the molecule is CC(=O)N[C@H](C(=O)c1ccc(Br)cc1)c1c(O)c2ccccc2oc1=O.ClC(Cl)Cl. The fourth-order valence-corrected chi connectivity index (χ4v) is 2.92. The van der Waals surface area contributed by atoms with Crippen LogP contribution in [-0.4, -0.2) is 21.1 Å². The van der Waals surface area contributed by atoms with Gasteiger partial charge in [0.25, 0.3) is 0 Å². The van der Waals surface area contributed by atoms with Crippen molar-refractivity contribution in [1.82, 2.24) is 5.32 Å². The molecule has 1 heterocycles. The Morgan fingerprint density at radius 1 is 1.07 bits per heavy atom. The molecule has 1 atom stereocenters. The smallest absolute Gasteiger partial charge is 0.345 e. The molecule has 0 aliphatic rings. The van der Waals surface area contributed by atoms with E-state index < -0.39 is 27.7 Å². The molecule has 1 aromatic heterocycles. The van der Waals surface area contributed by atoms with Crippen LogP contribution in [0.2, 0.25) is 0 Å². The number of carbonyl (C=O) groups is 2. The summed E-state index contributed by atoms with van der Waals surface area (Å²) in [6, 6.07) is 11.5. The van der Waals surface area contributed by atoms with Crippen LogP contribution >= 0.6 is 50.7 Å². The Hall–Kier alpha value is -2.06. The zero-order valence-electron chi connectivity index (χ0n) is 15.4. The lowest BCUT2D eigenvalue weighted by atomic mass is 9.96. The summed E-state index contributed by atoms with van der Waals surface area (Å²) in [5.41, 5.74) is -0.715. The molecular formula is C20H15BrCl3NO5. The average molecular weight is 536 g/mol. The summed E-state index contributed by atoms with van der Waals surface area (Å²) < 4.78 is 5.24. The van der Waals surface area contributed by atoms with E-state index in [-0.39, 0.29) is 27.8 Å². The van der Waals surface area contributed by atoms with Crippen LogP contribution in [0.15, 0.2) is 62.2 Å². The van der Waals surface area contributed by atoms with Crippen LogP contribution in [-0.2, 0) is 4.79 Å². The molecule has 1 amide bonds. The predicted octanol–water partition coefficient (Wildman–Crippen LogP) is 5.31. The molecule has 158 valence electrons. The number of ketones is 1. The molecule has 0 fully saturated rings. The Morgan fingerprint density at radius 3 is 2.20 bits per heavy atom. The summed E-state index contributed by atoms with van der Waals surface area (Å²) in [5.74, 6) is -1.45. The van der Waals surface area contributed by atoms with Gasteiger partial charge in [0.2, 0.25) is 5.91 Å². The minimum absolute atomic E-state index is 0.191. The first-order chi connectivity index (χ1) is 14.1. The molecule has 2 aromatic carbocycles. The number of para-hydroxylation sites is 1. The van der Waals surface area contributed by atoms with E-state index in [1.165, 1.54) is 13.0 Å². The normalized spacial score (nSPS) is 11.5. The quantitative estimate of drug-likeness (QED) is 0.268. The number of aromatic hydroxyl groups is 1. The van der Waals surface area contributed by atoms with Crippen LogP contribution in [0.25, 0.3) is 11.0 Å². The predicted molar refractivity (Wildman–Crippen MR) is 121 cm³/mol. The lowest BCUT2D eigenvalue weighted by Gasteiger charge is -2.18. The minimum Gasteiger partial charge on any atom is -0.507 e. The zero-order valence-corrected chi connectivity index (χ0v) is 19.2. The zero-order chi connectivity index (χ0) is 22.4. The molecule has 10 heteroatoms. The van der Waals surface area contributed by atoms with Gasteiger partial charge >= 0.3 is 5.63 Å². The van der Waals surface area contributed by atoms with Crippen molar-refractivity contribution in [2.45, 2.75) is 17.3 Å². The number of fused-ring (bicyclic) bond motifs is 1. The molecule has 30 heavy (non-hydrogen) atoms.